The topological polar surface area (TPSA) is 84.6 Å². The molecule has 0 saturated carbocycles. The lowest BCUT2D eigenvalue weighted by Crippen LogP contribution is -2.62. The third-order valence-corrected chi connectivity index (χ3v) is 5.58. The van der Waals surface area contributed by atoms with Crippen molar-refractivity contribution in [3.05, 3.63) is 47.3 Å². The van der Waals surface area contributed by atoms with E-state index < -0.39 is 0 Å². The highest BCUT2D eigenvalue weighted by Crippen LogP contribution is 2.33. The molecule has 2 atom stereocenters. The number of carbonyl (C=O) groups excluding carboxylic acids is 1. The number of nitrogen functional groups attached to an aromatic ring is 1. The summed E-state index contributed by atoms with van der Waals surface area (Å²) in [5.41, 5.74) is 9.07. The number of benzene rings is 1. The van der Waals surface area contributed by atoms with E-state index in [1.807, 2.05) is 11.0 Å². The first-order valence-electron chi connectivity index (χ1n) is 9.34. The predicted molar refractivity (Wildman–Crippen MR) is 102 cm³/mol. The molecule has 0 aliphatic carbocycles. The Kier molecular flexibility index (Phi) is 4.70. The summed E-state index contributed by atoms with van der Waals surface area (Å²) >= 11 is 0. The van der Waals surface area contributed by atoms with Crippen LogP contribution in [0.1, 0.15) is 23.4 Å². The second-order valence-corrected chi connectivity index (χ2v) is 7.30. The average Bonchev–Trinajstić information content (AvgIpc) is 2.99. The number of hydrogen-bond donors (Lipinski definition) is 1. The van der Waals surface area contributed by atoms with Crippen molar-refractivity contribution in [2.75, 3.05) is 25.4 Å². The second-order valence-electron chi connectivity index (χ2n) is 7.30. The fourth-order valence-electron chi connectivity index (χ4n) is 4.00. The second kappa shape index (κ2) is 7.15. The SMILES string of the molecule is Cc1nc(OCC(=O)N2CC[C@@H]3[C@H]2CN3Cc2ccccc2)nc(C)c1N. The molecule has 0 spiro atoms. The number of aromatic nitrogens is 2. The lowest BCUT2D eigenvalue weighted by Gasteiger charge is -2.46. The van der Waals surface area contributed by atoms with Crippen molar-refractivity contribution in [2.45, 2.75) is 38.9 Å². The number of fused-ring (bicyclic) bond motifs is 1. The van der Waals surface area contributed by atoms with E-state index in [1.165, 1.54) is 5.56 Å². The zero-order valence-corrected chi connectivity index (χ0v) is 15.8. The molecule has 142 valence electrons. The number of amides is 1. The molecule has 2 fully saturated rings. The molecule has 3 heterocycles. The summed E-state index contributed by atoms with van der Waals surface area (Å²) in [4.78, 5) is 25.4. The van der Waals surface area contributed by atoms with Crippen LogP contribution in [-0.2, 0) is 11.3 Å². The van der Waals surface area contributed by atoms with Gasteiger partial charge in [0.25, 0.3) is 5.91 Å². The van der Waals surface area contributed by atoms with Gasteiger partial charge in [-0.2, -0.15) is 9.97 Å². The number of hydrogen-bond acceptors (Lipinski definition) is 6. The van der Waals surface area contributed by atoms with Crippen molar-refractivity contribution < 1.29 is 9.53 Å². The van der Waals surface area contributed by atoms with Crippen LogP contribution in [0.25, 0.3) is 0 Å². The fourth-order valence-corrected chi connectivity index (χ4v) is 4.00. The van der Waals surface area contributed by atoms with Crippen molar-refractivity contribution in [3.8, 4) is 6.01 Å². The summed E-state index contributed by atoms with van der Waals surface area (Å²) in [6.07, 6.45) is 1.01. The van der Waals surface area contributed by atoms with Gasteiger partial charge in [0.05, 0.1) is 23.1 Å². The van der Waals surface area contributed by atoms with Gasteiger partial charge < -0.3 is 15.4 Å². The van der Waals surface area contributed by atoms with Crippen LogP contribution in [0.15, 0.2) is 30.3 Å². The van der Waals surface area contributed by atoms with Crippen LogP contribution < -0.4 is 10.5 Å². The maximum absolute atomic E-state index is 12.6. The number of carbonyl (C=O) groups is 1. The predicted octanol–water partition coefficient (Wildman–Crippen LogP) is 1.54. The molecule has 0 radical (unpaired) electrons. The Hall–Kier alpha value is -2.67. The van der Waals surface area contributed by atoms with Crippen molar-refractivity contribution in [1.29, 1.82) is 0 Å². The Balaban J connectivity index is 1.31. The first-order valence-corrected chi connectivity index (χ1v) is 9.34. The molecule has 27 heavy (non-hydrogen) atoms. The van der Waals surface area contributed by atoms with Crippen LogP contribution in [0.2, 0.25) is 0 Å². The summed E-state index contributed by atoms with van der Waals surface area (Å²) in [5, 5.41) is 0. The van der Waals surface area contributed by atoms with Crippen LogP contribution in [0.4, 0.5) is 5.69 Å². The minimum absolute atomic E-state index is 0.00223. The molecule has 4 rings (SSSR count). The first-order chi connectivity index (χ1) is 13.0. The monoisotopic (exact) mass is 367 g/mol. The number of likely N-dealkylation sites (tertiary alicyclic amines) is 2. The van der Waals surface area contributed by atoms with Crippen molar-refractivity contribution in [1.82, 2.24) is 19.8 Å². The zero-order chi connectivity index (χ0) is 19.0. The third-order valence-electron chi connectivity index (χ3n) is 5.58. The molecule has 2 N–H and O–H groups in total. The number of nitrogens with zero attached hydrogens (tertiary/aromatic N) is 4. The molecule has 1 aromatic carbocycles. The van der Waals surface area contributed by atoms with E-state index in [-0.39, 0.29) is 18.5 Å². The standard InChI is InChI=1S/C20H25N5O2/c1-13-19(21)14(2)23-20(22-13)27-12-18(26)25-9-8-16-17(25)11-24(16)10-15-6-4-3-5-7-15/h3-7,16-17H,8-12,21H2,1-2H3/t16-,17-/m1/s1. The Morgan fingerprint density at radius 2 is 1.89 bits per heavy atom. The number of anilines is 1. The molecule has 7 heteroatoms. The van der Waals surface area contributed by atoms with Gasteiger partial charge in [-0.05, 0) is 25.8 Å². The fraction of sp³-hybridized carbons (Fsp3) is 0.450. The highest BCUT2D eigenvalue weighted by Gasteiger charge is 2.48. The van der Waals surface area contributed by atoms with Crippen molar-refractivity contribution in [3.63, 3.8) is 0 Å². The molecule has 0 unspecified atom stereocenters. The van der Waals surface area contributed by atoms with Gasteiger partial charge in [-0.25, -0.2) is 0 Å². The van der Waals surface area contributed by atoms with Crippen LogP contribution in [0, 0.1) is 13.8 Å². The maximum Gasteiger partial charge on any atom is 0.317 e. The van der Waals surface area contributed by atoms with Crippen LogP contribution >= 0.6 is 0 Å². The van der Waals surface area contributed by atoms with Crippen LogP contribution in [-0.4, -0.2) is 57.5 Å². The largest absolute Gasteiger partial charge is 0.453 e. The summed E-state index contributed by atoms with van der Waals surface area (Å²) < 4.78 is 5.54. The Bertz CT molecular complexity index is 819. The molecule has 0 bridgehead atoms. The van der Waals surface area contributed by atoms with Crippen molar-refractivity contribution >= 4 is 11.6 Å². The normalized spacial score (nSPS) is 21.6. The van der Waals surface area contributed by atoms with Gasteiger partial charge in [-0.3, -0.25) is 9.69 Å². The first kappa shape index (κ1) is 17.7. The van der Waals surface area contributed by atoms with E-state index in [0.29, 0.717) is 29.2 Å². The highest BCUT2D eigenvalue weighted by atomic mass is 16.5. The molecule has 2 saturated heterocycles. The molecular formula is C20H25N5O2. The smallest absolute Gasteiger partial charge is 0.317 e. The minimum Gasteiger partial charge on any atom is -0.453 e. The summed E-state index contributed by atoms with van der Waals surface area (Å²) in [7, 11) is 0. The van der Waals surface area contributed by atoms with E-state index in [0.717, 1.165) is 26.1 Å². The Morgan fingerprint density at radius 3 is 2.59 bits per heavy atom. The maximum atomic E-state index is 12.6. The quantitative estimate of drug-likeness (QED) is 0.863. The average molecular weight is 367 g/mol. The highest BCUT2D eigenvalue weighted by molar-refractivity contribution is 5.78. The Morgan fingerprint density at radius 1 is 1.19 bits per heavy atom. The van der Waals surface area contributed by atoms with Gasteiger partial charge in [0, 0.05) is 25.7 Å². The molecule has 2 aliphatic heterocycles. The zero-order valence-electron chi connectivity index (χ0n) is 15.8. The third kappa shape index (κ3) is 3.47. The minimum atomic E-state index is -0.0370. The number of ether oxygens (including phenoxy) is 1. The van der Waals surface area contributed by atoms with Gasteiger partial charge in [0.15, 0.2) is 6.61 Å². The molecule has 1 amide bonds. The van der Waals surface area contributed by atoms with Gasteiger partial charge in [0.2, 0.25) is 0 Å². The van der Waals surface area contributed by atoms with E-state index in [2.05, 4.69) is 39.1 Å². The lowest BCUT2D eigenvalue weighted by molar-refractivity contribution is -0.137. The summed E-state index contributed by atoms with van der Waals surface area (Å²) in [6, 6.07) is 11.4. The molecule has 2 aromatic rings. The lowest BCUT2D eigenvalue weighted by atomic mass is 9.96. The van der Waals surface area contributed by atoms with Gasteiger partial charge in [0.1, 0.15) is 0 Å². The summed E-state index contributed by atoms with van der Waals surface area (Å²) in [6.45, 7) is 6.22. The van der Waals surface area contributed by atoms with E-state index in [4.69, 9.17) is 10.5 Å². The molecule has 1 aromatic heterocycles. The van der Waals surface area contributed by atoms with Gasteiger partial charge >= 0.3 is 6.01 Å². The summed E-state index contributed by atoms with van der Waals surface area (Å²) in [5.74, 6) is -0.00223. The Labute approximate surface area is 159 Å². The van der Waals surface area contributed by atoms with Crippen molar-refractivity contribution in [2.24, 2.45) is 0 Å². The van der Waals surface area contributed by atoms with Crippen LogP contribution in [0.5, 0.6) is 6.01 Å². The van der Waals surface area contributed by atoms with E-state index >= 15 is 0 Å². The number of nitrogens with two attached hydrogens (primary N) is 1. The van der Waals surface area contributed by atoms with Gasteiger partial charge in [-0.15, -0.1) is 0 Å². The van der Waals surface area contributed by atoms with E-state index in [1.54, 1.807) is 13.8 Å². The van der Waals surface area contributed by atoms with E-state index in [9.17, 15) is 4.79 Å². The van der Waals surface area contributed by atoms with Gasteiger partial charge in [-0.1, -0.05) is 30.3 Å². The number of rotatable bonds is 5. The van der Waals surface area contributed by atoms with Crippen LogP contribution in [0.3, 0.4) is 0 Å². The molecule has 7 nitrogen and oxygen atoms in total. The molecule has 2 aliphatic rings. The molecular weight excluding hydrogens is 342 g/mol. The number of aryl methyl sites for hydroxylation is 2.